The van der Waals surface area contributed by atoms with E-state index in [1.54, 1.807) is 10.5 Å². The minimum absolute atomic E-state index is 0.280. The number of pyridine rings is 1. The maximum Gasteiger partial charge on any atom is 0.139 e. The van der Waals surface area contributed by atoms with Gasteiger partial charge in [-0.05, 0) is 48.4 Å². The molecule has 0 aliphatic heterocycles. The summed E-state index contributed by atoms with van der Waals surface area (Å²) >= 11 is 0. The molecule has 25 heavy (non-hydrogen) atoms. The van der Waals surface area contributed by atoms with Gasteiger partial charge >= 0.3 is 0 Å². The molecule has 0 aliphatic rings. The van der Waals surface area contributed by atoms with Crippen LogP contribution in [0.2, 0.25) is 0 Å². The highest BCUT2D eigenvalue weighted by molar-refractivity contribution is 5.64. The topological polar surface area (TPSA) is 26.5 Å². The van der Waals surface area contributed by atoms with E-state index in [2.05, 4.69) is 4.98 Å². The predicted octanol–water partition coefficient (Wildman–Crippen LogP) is 5.03. The first-order valence-electron chi connectivity index (χ1n) is 8.11. The van der Waals surface area contributed by atoms with Crippen LogP contribution in [0.25, 0.3) is 16.9 Å². The summed E-state index contributed by atoms with van der Waals surface area (Å²) in [5.74, 6) is 0.569. The Balaban J connectivity index is 1.58. The van der Waals surface area contributed by atoms with Gasteiger partial charge in [0.25, 0.3) is 0 Å². The van der Waals surface area contributed by atoms with Crippen LogP contribution in [0.1, 0.15) is 11.1 Å². The van der Waals surface area contributed by atoms with Crippen LogP contribution in [0.15, 0.2) is 73.1 Å². The number of hydrogen-bond donors (Lipinski definition) is 0. The Bertz CT molecular complexity index is 1020. The zero-order chi connectivity index (χ0) is 17.2. The molecule has 4 heteroatoms. The van der Waals surface area contributed by atoms with Crippen LogP contribution < -0.4 is 4.74 Å². The monoisotopic (exact) mass is 332 g/mol. The molecule has 3 nitrogen and oxygen atoms in total. The van der Waals surface area contributed by atoms with Crippen molar-refractivity contribution in [2.45, 2.75) is 13.5 Å². The number of imidazole rings is 1. The van der Waals surface area contributed by atoms with E-state index in [4.69, 9.17) is 4.74 Å². The molecule has 124 valence electrons. The molecule has 0 N–H and O–H groups in total. The molecule has 4 aromatic rings. The van der Waals surface area contributed by atoms with Gasteiger partial charge in [-0.25, -0.2) is 9.37 Å². The lowest BCUT2D eigenvalue weighted by atomic mass is 10.1. The Morgan fingerprint density at radius 3 is 2.64 bits per heavy atom. The summed E-state index contributed by atoms with van der Waals surface area (Å²) in [7, 11) is 0. The minimum atomic E-state index is -0.280. The van der Waals surface area contributed by atoms with Crippen molar-refractivity contribution in [1.82, 2.24) is 9.38 Å². The zero-order valence-corrected chi connectivity index (χ0v) is 13.8. The largest absolute Gasteiger partial charge is 0.489 e. The van der Waals surface area contributed by atoms with Crippen LogP contribution in [0, 0.1) is 12.7 Å². The SMILES string of the molecule is Cc1cc(-c2cn3cc(F)ccc3n2)ccc1OCc1ccccc1. The van der Waals surface area contributed by atoms with E-state index in [9.17, 15) is 4.39 Å². The van der Waals surface area contributed by atoms with Crippen molar-refractivity contribution in [3.05, 3.63) is 90.0 Å². The number of hydrogen-bond acceptors (Lipinski definition) is 2. The molecule has 0 saturated heterocycles. The van der Waals surface area contributed by atoms with E-state index in [1.807, 2.05) is 61.7 Å². The van der Waals surface area contributed by atoms with Gasteiger partial charge in [0.15, 0.2) is 0 Å². The van der Waals surface area contributed by atoms with Gasteiger partial charge in [0.1, 0.15) is 23.8 Å². The number of aromatic nitrogens is 2. The van der Waals surface area contributed by atoms with E-state index in [0.717, 1.165) is 33.8 Å². The first-order chi connectivity index (χ1) is 12.2. The Labute approximate surface area is 145 Å². The highest BCUT2D eigenvalue weighted by atomic mass is 19.1. The number of ether oxygens (including phenoxy) is 1. The average Bonchev–Trinajstić information content (AvgIpc) is 3.04. The smallest absolute Gasteiger partial charge is 0.139 e. The van der Waals surface area contributed by atoms with Gasteiger partial charge in [0.05, 0.1) is 5.69 Å². The first kappa shape index (κ1) is 15.4. The molecular weight excluding hydrogens is 315 g/mol. The maximum atomic E-state index is 13.3. The van der Waals surface area contributed by atoms with E-state index in [-0.39, 0.29) is 5.82 Å². The molecule has 0 amide bonds. The van der Waals surface area contributed by atoms with Gasteiger partial charge in [0, 0.05) is 18.0 Å². The lowest BCUT2D eigenvalue weighted by molar-refractivity contribution is 0.304. The molecule has 0 saturated carbocycles. The van der Waals surface area contributed by atoms with Gasteiger partial charge in [-0.2, -0.15) is 0 Å². The van der Waals surface area contributed by atoms with Crippen LogP contribution >= 0.6 is 0 Å². The van der Waals surface area contributed by atoms with Crippen molar-refractivity contribution in [2.24, 2.45) is 0 Å². The number of nitrogens with zero attached hydrogens (tertiary/aromatic N) is 2. The molecule has 0 fully saturated rings. The van der Waals surface area contributed by atoms with Gasteiger partial charge < -0.3 is 9.14 Å². The fraction of sp³-hybridized carbons (Fsp3) is 0.0952. The number of benzene rings is 2. The fourth-order valence-electron chi connectivity index (χ4n) is 2.81. The summed E-state index contributed by atoms with van der Waals surface area (Å²) in [5, 5.41) is 0. The highest BCUT2D eigenvalue weighted by Gasteiger charge is 2.08. The zero-order valence-electron chi connectivity index (χ0n) is 13.8. The van der Waals surface area contributed by atoms with Crippen molar-refractivity contribution in [3.8, 4) is 17.0 Å². The van der Waals surface area contributed by atoms with Gasteiger partial charge in [0.2, 0.25) is 0 Å². The lowest BCUT2D eigenvalue weighted by Gasteiger charge is -2.10. The Morgan fingerprint density at radius 1 is 1.00 bits per heavy atom. The predicted molar refractivity (Wildman–Crippen MR) is 96.1 cm³/mol. The second-order valence-electron chi connectivity index (χ2n) is 5.99. The third kappa shape index (κ3) is 3.24. The van der Waals surface area contributed by atoms with E-state index in [1.165, 1.54) is 12.3 Å². The Morgan fingerprint density at radius 2 is 1.84 bits per heavy atom. The molecule has 0 radical (unpaired) electrons. The summed E-state index contributed by atoms with van der Waals surface area (Å²) in [5.41, 5.74) is 4.68. The van der Waals surface area contributed by atoms with Crippen LogP contribution in [-0.2, 0) is 6.61 Å². The summed E-state index contributed by atoms with van der Waals surface area (Å²) in [6, 6.07) is 19.1. The van der Waals surface area contributed by atoms with E-state index >= 15 is 0 Å². The molecule has 0 unspecified atom stereocenters. The summed E-state index contributed by atoms with van der Waals surface area (Å²) < 4.78 is 20.9. The second kappa shape index (κ2) is 6.40. The van der Waals surface area contributed by atoms with Crippen molar-refractivity contribution in [3.63, 3.8) is 0 Å². The Kier molecular flexibility index (Phi) is 3.94. The highest BCUT2D eigenvalue weighted by Crippen LogP contribution is 2.26. The molecule has 2 aromatic carbocycles. The maximum absolute atomic E-state index is 13.3. The molecule has 0 atom stereocenters. The number of halogens is 1. The van der Waals surface area contributed by atoms with Crippen LogP contribution in [-0.4, -0.2) is 9.38 Å². The van der Waals surface area contributed by atoms with Crippen molar-refractivity contribution in [2.75, 3.05) is 0 Å². The molecule has 0 spiro atoms. The van der Waals surface area contributed by atoms with Crippen molar-refractivity contribution < 1.29 is 9.13 Å². The third-order valence-electron chi connectivity index (χ3n) is 4.12. The van der Waals surface area contributed by atoms with Crippen LogP contribution in [0.5, 0.6) is 5.75 Å². The third-order valence-corrected chi connectivity index (χ3v) is 4.12. The van der Waals surface area contributed by atoms with Gasteiger partial charge in [-0.1, -0.05) is 30.3 Å². The summed E-state index contributed by atoms with van der Waals surface area (Å²) in [6.07, 6.45) is 3.26. The van der Waals surface area contributed by atoms with E-state index in [0.29, 0.717) is 6.61 Å². The number of aryl methyl sites for hydroxylation is 1. The lowest BCUT2D eigenvalue weighted by Crippen LogP contribution is -1.96. The molecule has 0 aliphatic carbocycles. The van der Waals surface area contributed by atoms with Crippen molar-refractivity contribution in [1.29, 1.82) is 0 Å². The standard InChI is InChI=1S/C21H17FN2O/c1-15-11-17(19-13-24-12-18(22)8-10-21(24)23-19)7-9-20(15)25-14-16-5-3-2-4-6-16/h2-13H,14H2,1H3. The second-order valence-corrected chi connectivity index (χ2v) is 5.99. The molecule has 0 bridgehead atoms. The molecule has 2 heterocycles. The summed E-state index contributed by atoms with van der Waals surface area (Å²) in [6.45, 7) is 2.55. The first-order valence-corrected chi connectivity index (χ1v) is 8.11. The molecule has 4 rings (SSSR count). The minimum Gasteiger partial charge on any atom is -0.489 e. The summed E-state index contributed by atoms with van der Waals surface area (Å²) in [4.78, 5) is 4.54. The quantitative estimate of drug-likeness (QED) is 0.524. The normalized spacial score (nSPS) is 11.0. The molecule has 2 aromatic heterocycles. The van der Waals surface area contributed by atoms with E-state index < -0.39 is 0 Å². The van der Waals surface area contributed by atoms with Crippen LogP contribution in [0.4, 0.5) is 4.39 Å². The molecular formula is C21H17FN2O. The number of fused-ring (bicyclic) bond motifs is 1. The fourth-order valence-corrected chi connectivity index (χ4v) is 2.81. The number of rotatable bonds is 4. The average molecular weight is 332 g/mol. The van der Waals surface area contributed by atoms with Gasteiger partial charge in [-0.15, -0.1) is 0 Å². The van der Waals surface area contributed by atoms with Gasteiger partial charge in [-0.3, -0.25) is 0 Å². The van der Waals surface area contributed by atoms with Crippen molar-refractivity contribution >= 4 is 5.65 Å². The Hall–Kier alpha value is -3.14. The van der Waals surface area contributed by atoms with Crippen LogP contribution in [0.3, 0.4) is 0 Å².